The monoisotopic (exact) mass is 177 g/mol. The summed E-state index contributed by atoms with van der Waals surface area (Å²) in [5, 5.41) is 0. The molecule has 0 N–H and O–H groups in total. The van der Waals surface area contributed by atoms with Crippen LogP contribution in [0.15, 0.2) is 36.7 Å². The van der Waals surface area contributed by atoms with Crippen LogP contribution >= 0.6 is 0 Å². The van der Waals surface area contributed by atoms with Crippen LogP contribution in [0, 0.1) is 0 Å². The predicted molar refractivity (Wildman–Crippen MR) is 49.3 cm³/mol. The second-order valence-corrected chi connectivity index (χ2v) is 2.54. The molecule has 68 valence electrons. The van der Waals surface area contributed by atoms with Crippen molar-refractivity contribution in [3.63, 3.8) is 0 Å². The zero-order valence-electron chi connectivity index (χ0n) is 7.49. The first-order valence-electron chi connectivity index (χ1n) is 4.04. The minimum absolute atomic E-state index is 0.393. The quantitative estimate of drug-likeness (QED) is 0.523. The molecule has 3 nitrogen and oxygen atoms in total. The molecule has 0 spiro atoms. The average molecular weight is 177 g/mol. The Kier molecular flexibility index (Phi) is 3.20. The van der Waals surface area contributed by atoms with Crippen molar-refractivity contribution in [1.29, 1.82) is 0 Å². The molecule has 0 aliphatic rings. The highest BCUT2D eigenvalue weighted by molar-refractivity contribution is 5.89. The maximum absolute atomic E-state index is 11.2. The summed E-state index contributed by atoms with van der Waals surface area (Å²) in [4.78, 5) is 15.0. The van der Waals surface area contributed by atoms with Gasteiger partial charge in [-0.25, -0.2) is 4.79 Å². The smallest absolute Gasteiger partial charge is 0.338 e. The van der Waals surface area contributed by atoms with Crippen LogP contribution in [0.4, 0.5) is 0 Å². The second-order valence-electron chi connectivity index (χ2n) is 2.54. The Balaban J connectivity index is 2.60. The number of hydrogen-bond donors (Lipinski definition) is 0. The Morgan fingerprint density at radius 2 is 2.46 bits per heavy atom. The fraction of sp³-hybridized carbons (Fsp3) is 0.200. The third-order valence-electron chi connectivity index (χ3n) is 1.56. The SMILES string of the molecule is C=C(CC)C(=O)Oc1cccnc1. The minimum Gasteiger partial charge on any atom is -0.422 e. The third-order valence-corrected chi connectivity index (χ3v) is 1.56. The lowest BCUT2D eigenvalue weighted by Crippen LogP contribution is -2.09. The molecular weight excluding hydrogens is 166 g/mol. The first kappa shape index (κ1) is 9.45. The second kappa shape index (κ2) is 4.40. The van der Waals surface area contributed by atoms with Crippen LogP contribution in [-0.4, -0.2) is 11.0 Å². The van der Waals surface area contributed by atoms with Gasteiger partial charge in [0, 0.05) is 11.8 Å². The fourth-order valence-electron chi connectivity index (χ4n) is 0.731. The van der Waals surface area contributed by atoms with Crippen molar-refractivity contribution in [3.05, 3.63) is 36.7 Å². The standard InChI is InChI=1S/C10H11NO2/c1-3-8(2)10(12)13-9-5-4-6-11-7-9/h4-7H,2-3H2,1H3. The van der Waals surface area contributed by atoms with E-state index >= 15 is 0 Å². The molecular formula is C10H11NO2. The molecule has 0 aliphatic carbocycles. The van der Waals surface area contributed by atoms with Crippen molar-refractivity contribution in [2.24, 2.45) is 0 Å². The molecule has 1 aromatic heterocycles. The van der Waals surface area contributed by atoms with Crippen LogP contribution in [0.5, 0.6) is 5.75 Å². The van der Waals surface area contributed by atoms with E-state index in [0.29, 0.717) is 17.7 Å². The molecule has 0 saturated carbocycles. The minimum atomic E-state index is -0.393. The van der Waals surface area contributed by atoms with E-state index in [1.54, 1.807) is 18.3 Å². The number of aromatic nitrogens is 1. The zero-order chi connectivity index (χ0) is 9.68. The van der Waals surface area contributed by atoms with Crippen LogP contribution in [0.3, 0.4) is 0 Å². The lowest BCUT2D eigenvalue weighted by Gasteiger charge is -2.03. The van der Waals surface area contributed by atoms with Crippen LogP contribution in [0.25, 0.3) is 0 Å². The predicted octanol–water partition coefficient (Wildman–Crippen LogP) is 1.95. The van der Waals surface area contributed by atoms with Crippen LogP contribution < -0.4 is 4.74 Å². The van der Waals surface area contributed by atoms with Gasteiger partial charge in [0.05, 0.1) is 6.20 Å². The molecule has 0 fully saturated rings. The zero-order valence-corrected chi connectivity index (χ0v) is 7.49. The van der Waals surface area contributed by atoms with Crippen molar-refractivity contribution in [1.82, 2.24) is 4.98 Å². The van der Waals surface area contributed by atoms with E-state index in [1.165, 1.54) is 6.20 Å². The fourth-order valence-corrected chi connectivity index (χ4v) is 0.731. The average Bonchev–Trinajstić information content (AvgIpc) is 2.18. The van der Waals surface area contributed by atoms with Crippen LogP contribution in [0.1, 0.15) is 13.3 Å². The number of rotatable bonds is 3. The van der Waals surface area contributed by atoms with Gasteiger partial charge in [0.2, 0.25) is 0 Å². The number of pyridine rings is 1. The third kappa shape index (κ3) is 2.71. The van der Waals surface area contributed by atoms with Crippen molar-refractivity contribution in [3.8, 4) is 5.75 Å². The summed E-state index contributed by atoms with van der Waals surface area (Å²) in [6, 6.07) is 3.38. The Hall–Kier alpha value is -1.64. The number of hydrogen-bond acceptors (Lipinski definition) is 3. The van der Waals surface area contributed by atoms with E-state index in [9.17, 15) is 4.79 Å². The normalized spacial score (nSPS) is 9.31. The van der Waals surface area contributed by atoms with E-state index in [-0.39, 0.29) is 0 Å². The first-order chi connectivity index (χ1) is 6.24. The van der Waals surface area contributed by atoms with E-state index in [2.05, 4.69) is 11.6 Å². The Morgan fingerprint density at radius 1 is 1.69 bits per heavy atom. The Morgan fingerprint density at radius 3 is 3.00 bits per heavy atom. The van der Waals surface area contributed by atoms with Gasteiger partial charge in [-0.05, 0) is 18.6 Å². The topological polar surface area (TPSA) is 39.2 Å². The molecule has 1 aromatic rings. The number of carbonyl (C=O) groups is 1. The molecule has 0 atom stereocenters. The number of ether oxygens (including phenoxy) is 1. The van der Waals surface area contributed by atoms with Crippen molar-refractivity contribution in [2.75, 3.05) is 0 Å². The van der Waals surface area contributed by atoms with E-state index in [4.69, 9.17) is 4.74 Å². The first-order valence-corrected chi connectivity index (χ1v) is 4.04. The van der Waals surface area contributed by atoms with Crippen molar-refractivity contribution >= 4 is 5.97 Å². The van der Waals surface area contributed by atoms with Gasteiger partial charge < -0.3 is 4.74 Å². The Labute approximate surface area is 77.1 Å². The van der Waals surface area contributed by atoms with E-state index in [1.807, 2.05) is 6.92 Å². The van der Waals surface area contributed by atoms with E-state index in [0.717, 1.165) is 0 Å². The molecule has 0 amide bonds. The van der Waals surface area contributed by atoms with Gasteiger partial charge in [-0.15, -0.1) is 0 Å². The van der Waals surface area contributed by atoms with Gasteiger partial charge in [-0.3, -0.25) is 4.98 Å². The maximum Gasteiger partial charge on any atom is 0.338 e. The van der Waals surface area contributed by atoms with E-state index < -0.39 is 5.97 Å². The maximum atomic E-state index is 11.2. The van der Waals surface area contributed by atoms with Gasteiger partial charge in [0.1, 0.15) is 5.75 Å². The molecule has 0 bridgehead atoms. The summed E-state index contributed by atoms with van der Waals surface area (Å²) in [6.07, 6.45) is 3.70. The lowest BCUT2D eigenvalue weighted by atomic mass is 10.2. The van der Waals surface area contributed by atoms with Crippen molar-refractivity contribution < 1.29 is 9.53 Å². The molecule has 0 saturated heterocycles. The lowest BCUT2D eigenvalue weighted by molar-refractivity contribution is -0.130. The van der Waals surface area contributed by atoms with Gasteiger partial charge in [0.25, 0.3) is 0 Å². The van der Waals surface area contributed by atoms with Gasteiger partial charge in [0.15, 0.2) is 0 Å². The van der Waals surface area contributed by atoms with Gasteiger partial charge in [-0.2, -0.15) is 0 Å². The number of carbonyl (C=O) groups excluding carboxylic acids is 1. The largest absolute Gasteiger partial charge is 0.422 e. The molecule has 0 aliphatic heterocycles. The van der Waals surface area contributed by atoms with Gasteiger partial charge >= 0.3 is 5.97 Å². The molecule has 0 unspecified atom stereocenters. The highest BCUT2D eigenvalue weighted by atomic mass is 16.5. The summed E-state index contributed by atoms with van der Waals surface area (Å²) in [5.74, 6) is 0.0533. The van der Waals surface area contributed by atoms with Crippen LogP contribution in [-0.2, 0) is 4.79 Å². The van der Waals surface area contributed by atoms with Crippen LogP contribution in [0.2, 0.25) is 0 Å². The molecule has 0 aromatic carbocycles. The number of esters is 1. The van der Waals surface area contributed by atoms with Gasteiger partial charge in [-0.1, -0.05) is 13.5 Å². The summed E-state index contributed by atoms with van der Waals surface area (Å²) < 4.78 is 4.97. The summed E-state index contributed by atoms with van der Waals surface area (Å²) in [6.45, 7) is 5.43. The molecule has 0 radical (unpaired) electrons. The van der Waals surface area contributed by atoms with Crippen molar-refractivity contribution in [2.45, 2.75) is 13.3 Å². The number of nitrogens with zero attached hydrogens (tertiary/aromatic N) is 1. The molecule has 1 heterocycles. The molecule has 1 rings (SSSR count). The summed E-state index contributed by atoms with van der Waals surface area (Å²) in [7, 11) is 0. The Bertz CT molecular complexity index is 306. The summed E-state index contributed by atoms with van der Waals surface area (Å²) in [5.41, 5.74) is 0.462. The molecule has 13 heavy (non-hydrogen) atoms. The summed E-state index contributed by atoms with van der Waals surface area (Å²) >= 11 is 0. The highest BCUT2D eigenvalue weighted by Gasteiger charge is 2.06. The highest BCUT2D eigenvalue weighted by Crippen LogP contribution is 2.09. The molecule has 3 heteroatoms.